The Bertz CT molecular complexity index is 403. The minimum Gasteiger partial charge on any atom is -0.389 e. The van der Waals surface area contributed by atoms with Gasteiger partial charge < -0.3 is 10.4 Å². The van der Waals surface area contributed by atoms with Crippen molar-refractivity contribution in [1.82, 2.24) is 5.32 Å². The lowest BCUT2D eigenvalue weighted by Gasteiger charge is -2.37. The molecule has 92 valence electrons. The van der Waals surface area contributed by atoms with E-state index >= 15 is 0 Å². The van der Waals surface area contributed by atoms with Gasteiger partial charge in [0.15, 0.2) is 0 Å². The van der Waals surface area contributed by atoms with Crippen LogP contribution in [0.4, 0.5) is 0 Å². The number of aliphatic hydroxyl groups is 1. The van der Waals surface area contributed by atoms with E-state index in [1.54, 1.807) is 0 Å². The van der Waals surface area contributed by atoms with E-state index in [0.717, 1.165) is 25.9 Å². The molecule has 0 amide bonds. The van der Waals surface area contributed by atoms with Crippen molar-refractivity contribution in [2.75, 3.05) is 18.8 Å². The minimum absolute atomic E-state index is 0.398. The first kappa shape index (κ1) is 11.6. The van der Waals surface area contributed by atoms with Crippen LogP contribution in [0.2, 0.25) is 0 Å². The fourth-order valence-electron chi connectivity index (χ4n) is 2.64. The largest absolute Gasteiger partial charge is 0.389 e. The number of benzene rings is 1. The third-order valence-electron chi connectivity index (χ3n) is 3.93. The molecule has 1 aromatic carbocycles. The molecule has 3 rings (SSSR count). The van der Waals surface area contributed by atoms with Crippen LogP contribution in [0.5, 0.6) is 0 Å². The molecule has 0 spiro atoms. The van der Waals surface area contributed by atoms with Gasteiger partial charge in [-0.2, -0.15) is 0 Å². The molecule has 0 radical (unpaired) electrons. The van der Waals surface area contributed by atoms with E-state index in [-0.39, 0.29) is 0 Å². The summed E-state index contributed by atoms with van der Waals surface area (Å²) < 4.78 is 0. The molecule has 3 heteroatoms. The van der Waals surface area contributed by atoms with E-state index in [0.29, 0.717) is 5.92 Å². The summed E-state index contributed by atoms with van der Waals surface area (Å²) in [5, 5.41) is 13.5. The summed E-state index contributed by atoms with van der Waals surface area (Å²) in [6.45, 7) is 1.75. The Kier molecular flexibility index (Phi) is 3.16. The summed E-state index contributed by atoms with van der Waals surface area (Å²) >= 11 is 1.95. The monoisotopic (exact) mass is 249 g/mol. The van der Waals surface area contributed by atoms with Gasteiger partial charge in [0.1, 0.15) is 0 Å². The Morgan fingerprint density at radius 1 is 1.35 bits per heavy atom. The van der Waals surface area contributed by atoms with E-state index in [4.69, 9.17) is 0 Å². The quantitative estimate of drug-likeness (QED) is 0.859. The maximum Gasteiger partial charge on any atom is 0.0771 e. The van der Waals surface area contributed by atoms with E-state index in [2.05, 4.69) is 29.6 Å². The molecule has 1 atom stereocenters. The zero-order valence-electron chi connectivity index (χ0n) is 9.98. The van der Waals surface area contributed by atoms with Crippen LogP contribution < -0.4 is 5.32 Å². The number of rotatable bonds is 4. The van der Waals surface area contributed by atoms with Crippen LogP contribution in [0.1, 0.15) is 30.7 Å². The highest BCUT2D eigenvalue weighted by Crippen LogP contribution is 2.39. The van der Waals surface area contributed by atoms with E-state index < -0.39 is 5.60 Å². The predicted octanol–water partition coefficient (Wildman–Crippen LogP) is 2.38. The molecule has 1 aromatic rings. The maximum absolute atomic E-state index is 10.0. The molecule has 2 N–H and O–H groups in total. The van der Waals surface area contributed by atoms with E-state index in [9.17, 15) is 5.11 Å². The summed E-state index contributed by atoms with van der Waals surface area (Å²) in [6.07, 6.45) is 3.12. The summed E-state index contributed by atoms with van der Waals surface area (Å²) in [7, 11) is 0. The molecule has 1 saturated carbocycles. The molecule has 1 heterocycles. The zero-order chi connectivity index (χ0) is 11.7. The first-order valence-corrected chi connectivity index (χ1v) is 7.40. The average molecular weight is 249 g/mol. The summed E-state index contributed by atoms with van der Waals surface area (Å²) in [4.78, 5) is 1.43. The van der Waals surface area contributed by atoms with Crippen molar-refractivity contribution >= 4 is 11.8 Å². The topological polar surface area (TPSA) is 32.3 Å². The predicted molar refractivity (Wildman–Crippen MR) is 71.6 cm³/mol. The Morgan fingerprint density at radius 3 is 2.94 bits per heavy atom. The van der Waals surface area contributed by atoms with Gasteiger partial charge in [0.05, 0.1) is 5.60 Å². The lowest BCUT2D eigenvalue weighted by atomic mass is 9.80. The SMILES string of the molecule is OC1(CNCC2CSc3ccccc32)CCC1. The van der Waals surface area contributed by atoms with Gasteiger partial charge in [-0.05, 0) is 30.9 Å². The first-order valence-electron chi connectivity index (χ1n) is 6.42. The molecule has 2 nitrogen and oxygen atoms in total. The second kappa shape index (κ2) is 4.63. The Balaban J connectivity index is 1.53. The molecular weight excluding hydrogens is 230 g/mol. The van der Waals surface area contributed by atoms with Crippen molar-refractivity contribution in [3.05, 3.63) is 29.8 Å². The van der Waals surface area contributed by atoms with Gasteiger partial charge in [0.2, 0.25) is 0 Å². The van der Waals surface area contributed by atoms with Gasteiger partial charge in [0, 0.05) is 29.7 Å². The summed E-state index contributed by atoms with van der Waals surface area (Å²) in [6, 6.07) is 8.68. The second-order valence-electron chi connectivity index (χ2n) is 5.25. The van der Waals surface area contributed by atoms with Crippen LogP contribution in [-0.4, -0.2) is 29.5 Å². The second-order valence-corrected chi connectivity index (χ2v) is 6.32. The standard InChI is InChI=1S/C14H19NOS/c16-14(6-3-7-14)10-15-8-11-9-17-13-5-2-1-4-12(11)13/h1-2,4-5,11,15-16H,3,6-10H2. The van der Waals surface area contributed by atoms with Gasteiger partial charge in [-0.1, -0.05) is 18.2 Å². The molecule has 2 aliphatic rings. The third-order valence-corrected chi connectivity index (χ3v) is 5.18. The van der Waals surface area contributed by atoms with E-state index in [1.165, 1.54) is 22.6 Å². The fourth-order valence-corrected chi connectivity index (χ4v) is 3.89. The van der Waals surface area contributed by atoms with Gasteiger partial charge in [-0.25, -0.2) is 0 Å². The van der Waals surface area contributed by atoms with Gasteiger partial charge in [-0.15, -0.1) is 11.8 Å². The van der Waals surface area contributed by atoms with Crippen molar-refractivity contribution in [3.63, 3.8) is 0 Å². The number of fused-ring (bicyclic) bond motifs is 1. The molecule has 0 aromatic heterocycles. The smallest absolute Gasteiger partial charge is 0.0771 e. The van der Waals surface area contributed by atoms with Crippen molar-refractivity contribution in [3.8, 4) is 0 Å². The fraction of sp³-hybridized carbons (Fsp3) is 0.571. The Labute approximate surface area is 107 Å². The van der Waals surface area contributed by atoms with Crippen LogP contribution in [0.15, 0.2) is 29.2 Å². The van der Waals surface area contributed by atoms with Crippen LogP contribution in [0, 0.1) is 0 Å². The number of thioether (sulfide) groups is 1. The van der Waals surface area contributed by atoms with Crippen LogP contribution >= 0.6 is 11.8 Å². The van der Waals surface area contributed by atoms with Crippen LogP contribution in [0.3, 0.4) is 0 Å². The van der Waals surface area contributed by atoms with Crippen LogP contribution in [0.25, 0.3) is 0 Å². The Morgan fingerprint density at radius 2 is 2.18 bits per heavy atom. The molecule has 1 unspecified atom stereocenters. The highest BCUT2D eigenvalue weighted by molar-refractivity contribution is 7.99. The normalized spacial score (nSPS) is 25.4. The molecule has 0 saturated heterocycles. The molecule has 1 aliphatic heterocycles. The average Bonchev–Trinajstić information content (AvgIpc) is 2.71. The molecule has 1 fully saturated rings. The molecule has 0 bridgehead atoms. The zero-order valence-corrected chi connectivity index (χ0v) is 10.8. The maximum atomic E-state index is 10.0. The van der Waals surface area contributed by atoms with Crippen molar-refractivity contribution in [2.24, 2.45) is 0 Å². The minimum atomic E-state index is -0.398. The van der Waals surface area contributed by atoms with Crippen molar-refractivity contribution in [2.45, 2.75) is 35.7 Å². The van der Waals surface area contributed by atoms with Gasteiger partial charge >= 0.3 is 0 Å². The van der Waals surface area contributed by atoms with Gasteiger partial charge in [0.25, 0.3) is 0 Å². The molecule has 1 aliphatic carbocycles. The summed E-state index contributed by atoms with van der Waals surface area (Å²) in [5.74, 6) is 1.78. The number of nitrogens with one attached hydrogen (secondary N) is 1. The number of hydrogen-bond donors (Lipinski definition) is 2. The van der Waals surface area contributed by atoms with Gasteiger partial charge in [-0.3, -0.25) is 0 Å². The van der Waals surface area contributed by atoms with Crippen molar-refractivity contribution < 1.29 is 5.11 Å². The highest BCUT2D eigenvalue weighted by atomic mass is 32.2. The molecule has 17 heavy (non-hydrogen) atoms. The third kappa shape index (κ3) is 2.37. The van der Waals surface area contributed by atoms with Crippen LogP contribution in [-0.2, 0) is 0 Å². The Hall–Kier alpha value is -0.510. The lowest BCUT2D eigenvalue weighted by molar-refractivity contribution is -0.0312. The summed E-state index contributed by atoms with van der Waals surface area (Å²) in [5.41, 5.74) is 1.08. The number of hydrogen-bond acceptors (Lipinski definition) is 3. The molecular formula is C14H19NOS. The van der Waals surface area contributed by atoms with Crippen molar-refractivity contribution in [1.29, 1.82) is 0 Å². The van der Waals surface area contributed by atoms with E-state index in [1.807, 2.05) is 11.8 Å². The highest BCUT2D eigenvalue weighted by Gasteiger charge is 2.34. The lowest BCUT2D eigenvalue weighted by Crippen LogP contribution is -2.47. The first-order chi connectivity index (χ1) is 8.27.